The smallest absolute Gasteiger partial charge is 0.0191 e. The van der Waals surface area contributed by atoms with Gasteiger partial charge in [-0.15, -0.1) is 0 Å². The van der Waals surface area contributed by atoms with E-state index in [1.165, 1.54) is 64.0 Å². The monoisotopic (exact) mass is 242 g/mol. The first-order valence-electron chi connectivity index (χ1n) is 6.93. The molecule has 0 aromatic heterocycles. The van der Waals surface area contributed by atoms with E-state index < -0.39 is 0 Å². The Morgan fingerprint density at radius 2 is 2.06 bits per heavy atom. The van der Waals surface area contributed by atoms with E-state index in [2.05, 4.69) is 28.9 Å². The van der Waals surface area contributed by atoms with Gasteiger partial charge in [-0.2, -0.15) is 11.8 Å². The summed E-state index contributed by atoms with van der Waals surface area (Å²) in [6, 6.07) is 0.784. The maximum absolute atomic E-state index is 3.72. The number of nitrogens with zero attached hydrogens (tertiary/aromatic N) is 1. The van der Waals surface area contributed by atoms with Gasteiger partial charge in [0.2, 0.25) is 0 Å². The summed E-state index contributed by atoms with van der Waals surface area (Å²) in [5, 5.41) is 4.55. The predicted molar refractivity (Wildman–Crippen MR) is 73.2 cm³/mol. The summed E-state index contributed by atoms with van der Waals surface area (Å²) < 4.78 is 0. The van der Waals surface area contributed by atoms with Crippen LogP contribution >= 0.6 is 11.8 Å². The highest BCUT2D eigenvalue weighted by Crippen LogP contribution is 2.25. The van der Waals surface area contributed by atoms with Crippen LogP contribution in [0, 0.1) is 0 Å². The summed E-state index contributed by atoms with van der Waals surface area (Å²) in [6.07, 6.45) is 6.99. The second-order valence-electron chi connectivity index (χ2n) is 5.18. The highest BCUT2D eigenvalue weighted by Gasteiger charge is 2.22. The molecular weight excluding hydrogens is 216 g/mol. The minimum absolute atomic E-state index is 0.784. The van der Waals surface area contributed by atoms with Crippen molar-refractivity contribution in [2.75, 3.05) is 31.9 Å². The molecule has 2 unspecified atom stereocenters. The van der Waals surface area contributed by atoms with Crippen molar-refractivity contribution in [1.29, 1.82) is 0 Å². The molecule has 1 N–H and O–H groups in total. The molecule has 3 heteroatoms. The van der Waals surface area contributed by atoms with E-state index in [1.54, 1.807) is 0 Å². The summed E-state index contributed by atoms with van der Waals surface area (Å²) in [4.78, 5) is 2.64. The molecule has 0 saturated carbocycles. The van der Waals surface area contributed by atoms with Gasteiger partial charge in [0, 0.05) is 11.3 Å². The van der Waals surface area contributed by atoms with Crippen molar-refractivity contribution >= 4 is 11.8 Å². The van der Waals surface area contributed by atoms with Gasteiger partial charge in [0.15, 0.2) is 0 Å². The second kappa shape index (κ2) is 6.87. The van der Waals surface area contributed by atoms with Crippen molar-refractivity contribution in [3.05, 3.63) is 0 Å². The van der Waals surface area contributed by atoms with Crippen molar-refractivity contribution in [3.8, 4) is 0 Å². The van der Waals surface area contributed by atoms with Crippen molar-refractivity contribution in [2.24, 2.45) is 0 Å². The quantitative estimate of drug-likeness (QED) is 0.745. The number of hydrogen-bond acceptors (Lipinski definition) is 3. The molecule has 0 radical (unpaired) electrons. The highest BCUT2D eigenvalue weighted by atomic mass is 32.2. The number of piperidine rings is 1. The molecule has 94 valence electrons. The van der Waals surface area contributed by atoms with Crippen LogP contribution in [0.5, 0.6) is 0 Å². The van der Waals surface area contributed by atoms with E-state index in [0.29, 0.717) is 0 Å². The summed E-state index contributed by atoms with van der Waals surface area (Å²) in [5.41, 5.74) is 0. The maximum atomic E-state index is 3.72. The fourth-order valence-corrected chi connectivity index (χ4v) is 4.00. The topological polar surface area (TPSA) is 15.3 Å². The number of rotatable bonds is 5. The van der Waals surface area contributed by atoms with Crippen LogP contribution in [-0.2, 0) is 0 Å². The second-order valence-corrected chi connectivity index (χ2v) is 6.67. The molecule has 2 fully saturated rings. The fourth-order valence-electron chi connectivity index (χ4n) is 2.77. The Bertz CT molecular complexity index is 192. The van der Waals surface area contributed by atoms with Crippen LogP contribution in [0.4, 0.5) is 0 Å². The standard InChI is InChI=1S/C13H26N2S/c1-12-13(6-11-16-12)14-7-5-10-15-8-3-2-4-9-15/h12-14H,2-11H2,1H3. The molecular formula is C13H26N2S. The first-order valence-corrected chi connectivity index (χ1v) is 7.98. The largest absolute Gasteiger partial charge is 0.313 e. The Kier molecular flexibility index (Phi) is 5.46. The fraction of sp³-hybridized carbons (Fsp3) is 1.00. The van der Waals surface area contributed by atoms with Crippen molar-refractivity contribution in [2.45, 2.75) is 50.3 Å². The van der Waals surface area contributed by atoms with Gasteiger partial charge in [-0.25, -0.2) is 0 Å². The summed E-state index contributed by atoms with van der Waals surface area (Å²) in [7, 11) is 0. The Labute approximate surface area is 105 Å². The molecule has 0 spiro atoms. The lowest BCUT2D eigenvalue weighted by molar-refractivity contribution is 0.225. The lowest BCUT2D eigenvalue weighted by Crippen LogP contribution is -2.36. The highest BCUT2D eigenvalue weighted by molar-refractivity contribution is 8.00. The first-order chi connectivity index (χ1) is 7.86. The molecule has 2 aliphatic rings. The van der Waals surface area contributed by atoms with Gasteiger partial charge in [-0.05, 0) is 57.6 Å². The Morgan fingerprint density at radius 3 is 2.75 bits per heavy atom. The average molecular weight is 242 g/mol. The zero-order chi connectivity index (χ0) is 11.2. The van der Waals surface area contributed by atoms with Crippen LogP contribution in [0.3, 0.4) is 0 Å². The van der Waals surface area contributed by atoms with Crippen molar-refractivity contribution in [3.63, 3.8) is 0 Å². The molecule has 0 bridgehead atoms. The maximum Gasteiger partial charge on any atom is 0.0191 e. The van der Waals surface area contributed by atoms with Crippen LogP contribution in [0.1, 0.15) is 39.0 Å². The zero-order valence-electron chi connectivity index (χ0n) is 10.6. The summed E-state index contributed by atoms with van der Waals surface area (Å²) in [6.45, 7) is 7.57. The number of hydrogen-bond donors (Lipinski definition) is 1. The van der Waals surface area contributed by atoms with E-state index in [4.69, 9.17) is 0 Å². The lowest BCUT2D eigenvalue weighted by atomic mass is 10.1. The van der Waals surface area contributed by atoms with Gasteiger partial charge in [-0.1, -0.05) is 13.3 Å². The van der Waals surface area contributed by atoms with Crippen LogP contribution < -0.4 is 5.32 Å². The SMILES string of the molecule is CC1SCCC1NCCCN1CCCCC1. The number of likely N-dealkylation sites (tertiary alicyclic amines) is 1. The number of nitrogens with one attached hydrogen (secondary N) is 1. The van der Waals surface area contributed by atoms with Crippen LogP contribution in [0.2, 0.25) is 0 Å². The molecule has 16 heavy (non-hydrogen) atoms. The Balaban J connectivity index is 1.51. The first kappa shape index (κ1) is 12.7. The van der Waals surface area contributed by atoms with Gasteiger partial charge in [-0.3, -0.25) is 0 Å². The Morgan fingerprint density at radius 1 is 1.25 bits per heavy atom. The third-order valence-electron chi connectivity index (χ3n) is 3.88. The van der Waals surface area contributed by atoms with E-state index in [-0.39, 0.29) is 0 Å². The van der Waals surface area contributed by atoms with Crippen molar-refractivity contribution < 1.29 is 0 Å². The number of thioether (sulfide) groups is 1. The predicted octanol–water partition coefficient (Wildman–Crippen LogP) is 2.35. The molecule has 0 aliphatic carbocycles. The molecule has 2 aliphatic heterocycles. The molecule has 2 rings (SSSR count). The van der Waals surface area contributed by atoms with Gasteiger partial charge in [0.1, 0.15) is 0 Å². The molecule has 0 aromatic carbocycles. The molecule has 2 nitrogen and oxygen atoms in total. The van der Waals surface area contributed by atoms with E-state index in [1.807, 2.05) is 0 Å². The average Bonchev–Trinajstić information content (AvgIpc) is 2.72. The Hall–Kier alpha value is 0.270. The van der Waals surface area contributed by atoms with Crippen LogP contribution in [0.15, 0.2) is 0 Å². The van der Waals surface area contributed by atoms with Gasteiger partial charge >= 0.3 is 0 Å². The van der Waals surface area contributed by atoms with E-state index in [9.17, 15) is 0 Å². The van der Waals surface area contributed by atoms with Gasteiger partial charge in [0.05, 0.1) is 0 Å². The zero-order valence-corrected chi connectivity index (χ0v) is 11.4. The van der Waals surface area contributed by atoms with E-state index >= 15 is 0 Å². The van der Waals surface area contributed by atoms with Crippen LogP contribution in [0.25, 0.3) is 0 Å². The minimum Gasteiger partial charge on any atom is -0.313 e. The molecule has 2 saturated heterocycles. The lowest BCUT2D eigenvalue weighted by Gasteiger charge is -2.26. The van der Waals surface area contributed by atoms with E-state index in [0.717, 1.165) is 11.3 Å². The van der Waals surface area contributed by atoms with Gasteiger partial charge < -0.3 is 10.2 Å². The molecule has 0 aromatic rings. The van der Waals surface area contributed by atoms with Gasteiger partial charge in [0.25, 0.3) is 0 Å². The minimum atomic E-state index is 0.784. The molecule has 2 heterocycles. The summed E-state index contributed by atoms with van der Waals surface area (Å²) >= 11 is 2.12. The van der Waals surface area contributed by atoms with Crippen molar-refractivity contribution in [1.82, 2.24) is 10.2 Å². The third-order valence-corrected chi connectivity index (χ3v) is 5.21. The molecule has 2 atom stereocenters. The third kappa shape index (κ3) is 3.94. The molecule has 0 amide bonds. The summed E-state index contributed by atoms with van der Waals surface area (Å²) in [5.74, 6) is 1.35. The van der Waals surface area contributed by atoms with Crippen LogP contribution in [-0.4, -0.2) is 48.1 Å². The normalized spacial score (nSPS) is 32.1.